The highest BCUT2D eigenvalue weighted by atomic mass is 32.1. The minimum Gasteiger partial charge on any atom is -0.302 e. The molecule has 1 N–H and O–H groups in total. The van der Waals surface area contributed by atoms with Gasteiger partial charge in [-0.05, 0) is 26.0 Å². The minimum absolute atomic E-state index is 0.0455. The van der Waals surface area contributed by atoms with Crippen LogP contribution in [0.15, 0.2) is 24.3 Å². The summed E-state index contributed by atoms with van der Waals surface area (Å²) in [6.07, 6.45) is 0.354. The Morgan fingerprint density at radius 2 is 2.00 bits per heavy atom. The molecular weight excluding hydrogens is 290 g/mol. The molecule has 0 radical (unpaired) electrons. The fourth-order valence-electron chi connectivity index (χ4n) is 1.97. The number of para-hydroxylation sites is 1. The normalized spacial score (nSPS) is 10.9. The molecule has 102 valence electrons. The van der Waals surface area contributed by atoms with Crippen LogP contribution in [0, 0.1) is 13.8 Å². The van der Waals surface area contributed by atoms with Crippen LogP contribution in [0.2, 0.25) is 0 Å². The topological polar surface area (TPSA) is 54.9 Å². The quantitative estimate of drug-likeness (QED) is 0.805. The first kappa shape index (κ1) is 13.2. The lowest BCUT2D eigenvalue weighted by Gasteiger charge is -1.99. The molecule has 2 heterocycles. The number of nitrogens with one attached hydrogen (secondary N) is 1. The molecule has 0 saturated carbocycles. The molecule has 0 aliphatic heterocycles. The molecule has 0 spiro atoms. The molecule has 0 unspecified atom stereocenters. The van der Waals surface area contributed by atoms with Crippen molar-refractivity contribution in [3.05, 3.63) is 39.8 Å². The van der Waals surface area contributed by atoms with Crippen LogP contribution in [0.4, 0.5) is 5.13 Å². The van der Waals surface area contributed by atoms with Crippen molar-refractivity contribution in [3.63, 3.8) is 0 Å². The average molecular weight is 303 g/mol. The Hall–Kier alpha value is -1.79. The number of carbonyl (C=O) groups is 1. The number of aromatic nitrogens is 2. The summed E-state index contributed by atoms with van der Waals surface area (Å²) in [5.74, 6) is -0.0455. The Kier molecular flexibility index (Phi) is 3.50. The standard InChI is InChI=1S/C14H13N3OS2/c1-8-12(19-9(2)15-8)7-13(18)17-14-16-10-5-3-4-6-11(10)20-14/h3-6H,7H2,1-2H3,(H,16,17,18). The van der Waals surface area contributed by atoms with Gasteiger partial charge in [0.05, 0.1) is 27.3 Å². The summed E-state index contributed by atoms with van der Waals surface area (Å²) in [5.41, 5.74) is 1.85. The van der Waals surface area contributed by atoms with E-state index in [0.29, 0.717) is 11.6 Å². The first-order valence-electron chi connectivity index (χ1n) is 6.20. The Bertz CT molecular complexity index is 743. The van der Waals surface area contributed by atoms with E-state index in [4.69, 9.17) is 0 Å². The van der Waals surface area contributed by atoms with Gasteiger partial charge in [-0.15, -0.1) is 11.3 Å². The van der Waals surface area contributed by atoms with Crippen LogP contribution in [-0.2, 0) is 11.2 Å². The zero-order valence-electron chi connectivity index (χ0n) is 11.1. The highest BCUT2D eigenvalue weighted by Gasteiger charge is 2.12. The van der Waals surface area contributed by atoms with Gasteiger partial charge >= 0.3 is 0 Å². The Balaban J connectivity index is 1.74. The number of aryl methyl sites for hydroxylation is 2. The summed E-state index contributed by atoms with van der Waals surface area (Å²) in [7, 11) is 0. The summed E-state index contributed by atoms with van der Waals surface area (Å²) in [6.45, 7) is 3.89. The lowest BCUT2D eigenvalue weighted by molar-refractivity contribution is -0.115. The molecule has 1 aromatic carbocycles. The van der Waals surface area contributed by atoms with E-state index in [1.54, 1.807) is 11.3 Å². The van der Waals surface area contributed by atoms with Gasteiger partial charge in [0.1, 0.15) is 0 Å². The largest absolute Gasteiger partial charge is 0.302 e. The third kappa shape index (κ3) is 2.71. The van der Waals surface area contributed by atoms with E-state index in [9.17, 15) is 4.79 Å². The number of hydrogen-bond acceptors (Lipinski definition) is 5. The number of amides is 1. The molecule has 0 bridgehead atoms. The fourth-order valence-corrected chi connectivity index (χ4v) is 3.79. The van der Waals surface area contributed by atoms with Gasteiger partial charge in [-0.25, -0.2) is 9.97 Å². The molecule has 20 heavy (non-hydrogen) atoms. The summed E-state index contributed by atoms with van der Waals surface area (Å²) in [5, 5.41) is 4.50. The molecule has 6 heteroatoms. The van der Waals surface area contributed by atoms with Crippen molar-refractivity contribution in [2.75, 3.05) is 5.32 Å². The zero-order chi connectivity index (χ0) is 14.1. The maximum Gasteiger partial charge on any atom is 0.231 e. The van der Waals surface area contributed by atoms with Crippen molar-refractivity contribution >= 4 is 43.9 Å². The van der Waals surface area contributed by atoms with Crippen molar-refractivity contribution in [2.45, 2.75) is 20.3 Å². The van der Waals surface area contributed by atoms with Crippen LogP contribution in [0.5, 0.6) is 0 Å². The summed E-state index contributed by atoms with van der Waals surface area (Å²) in [4.78, 5) is 21.8. The van der Waals surface area contributed by atoms with Crippen LogP contribution in [0.25, 0.3) is 10.2 Å². The van der Waals surface area contributed by atoms with Crippen LogP contribution in [0.3, 0.4) is 0 Å². The number of rotatable bonds is 3. The fraction of sp³-hybridized carbons (Fsp3) is 0.214. The van der Waals surface area contributed by atoms with E-state index in [1.165, 1.54) is 11.3 Å². The predicted octanol–water partition coefficient (Wildman–Crippen LogP) is 3.55. The highest BCUT2D eigenvalue weighted by Crippen LogP contribution is 2.26. The van der Waals surface area contributed by atoms with Crippen LogP contribution >= 0.6 is 22.7 Å². The highest BCUT2D eigenvalue weighted by molar-refractivity contribution is 7.22. The summed E-state index contributed by atoms with van der Waals surface area (Å²) >= 11 is 3.06. The van der Waals surface area contributed by atoms with Crippen LogP contribution < -0.4 is 5.32 Å². The molecule has 3 aromatic rings. The van der Waals surface area contributed by atoms with Crippen molar-refractivity contribution in [2.24, 2.45) is 0 Å². The number of benzene rings is 1. The number of nitrogens with zero attached hydrogens (tertiary/aromatic N) is 2. The van der Waals surface area contributed by atoms with Gasteiger partial charge in [-0.2, -0.15) is 0 Å². The second kappa shape index (κ2) is 5.30. The van der Waals surface area contributed by atoms with E-state index in [0.717, 1.165) is 25.8 Å². The van der Waals surface area contributed by atoms with Crippen molar-refractivity contribution in [1.29, 1.82) is 0 Å². The third-order valence-corrected chi connectivity index (χ3v) is 4.89. The monoisotopic (exact) mass is 303 g/mol. The van der Waals surface area contributed by atoms with E-state index < -0.39 is 0 Å². The lowest BCUT2D eigenvalue weighted by atomic mass is 10.3. The average Bonchev–Trinajstić information content (AvgIpc) is 2.92. The van der Waals surface area contributed by atoms with Gasteiger partial charge in [-0.1, -0.05) is 23.5 Å². The van der Waals surface area contributed by atoms with E-state index >= 15 is 0 Å². The summed E-state index contributed by atoms with van der Waals surface area (Å²) < 4.78 is 1.08. The SMILES string of the molecule is Cc1nc(C)c(CC(=O)Nc2nc3ccccc3s2)s1. The zero-order valence-corrected chi connectivity index (χ0v) is 12.8. The second-order valence-electron chi connectivity index (χ2n) is 4.45. The summed E-state index contributed by atoms with van der Waals surface area (Å²) in [6, 6.07) is 7.85. The van der Waals surface area contributed by atoms with Crippen molar-refractivity contribution in [3.8, 4) is 0 Å². The maximum atomic E-state index is 12.1. The number of anilines is 1. The predicted molar refractivity (Wildman–Crippen MR) is 83.5 cm³/mol. The van der Waals surface area contributed by atoms with Crippen LogP contribution in [-0.4, -0.2) is 15.9 Å². The molecule has 0 saturated heterocycles. The van der Waals surface area contributed by atoms with E-state index in [1.807, 2.05) is 38.1 Å². The Morgan fingerprint density at radius 1 is 1.20 bits per heavy atom. The van der Waals surface area contributed by atoms with Gasteiger partial charge in [0.15, 0.2) is 5.13 Å². The van der Waals surface area contributed by atoms with Crippen molar-refractivity contribution in [1.82, 2.24) is 9.97 Å². The molecule has 0 fully saturated rings. The number of fused-ring (bicyclic) bond motifs is 1. The molecule has 0 aliphatic carbocycles. The second-order valence-corrected chi connectivity index (χ2v) is 6.77. The first-order chi connectivity index (χ1) is 9.61. The van der Waals surface area contributed by atoms with Crippen LogP contribution in [0.1, 0.15) is 15.6 Å². The van der Waals surface area contributed by atoms with Gasteiger partial charge < -0.3 is 5.32 Å². The number of carbonyl (C=O) groups excluding carboxylic acids is 1. The van der Waals surface area contributed by atoms with E-state index in [-0.39, 0.29) is 5.91 Å². The number of hydrogen-bond donors (Lipinski definition) is 1. The molecule has 0 atom stereocenters. The molecular formula is C14H13N3OS2. The van der Waals surface area contributed by atoms with Gasteiger partial charge in [-0.3, -0.25) is 4.79 Å². The lowest BCUT2D eigenvalue weighted by Crippen LogP contribution is -2.13. The smallest absolute Gasteiger partial charge is 0.231 e. The van der Waals surface area contributed by atoms with Gasteiger partial charge in [0, 0.05) is 4.88 Å². The number of thiazole rings is 2. The Morgan fingerprint density at radius 3 is 2.70 bits per heavy atom. The molecule has 3 rings (SSSR count). The Labute approximate surface area is 124 Å². The molecule has 4 nitrogen and oxygen atoms in total. The molecule has 1 amide bonds. The van der Waals surface area contributed by atoms with E-state index in [2.05, 4.69) is 15.3 Å². The maximum absolute atomic E-state index is 12.1. The minimum atomic E-state index is -0.0455. The third-order valence-electron chi connectivity index (χ3n) is 2.86. The van der Waals surface area contributed by atoms with Gasteiger partial charge in [0.2, 0.25) is 5.91 Å². The molecule has 2 aromatic heterocycles. The van der Waals surface area contributed by atoms with Gasteiger partial charge in [0.25, 0.3) is 0 Å². The first-order valence-corrected chi connectivity index (χ1v) is 7.83. The molecule has 0 aliphatic rings. The van der Waals surface area contributed by atoms with Crippen molar-refractivity contribution < 1.29 is 4.79 Å².